The van der Waals surface area contributed by atoms with E-state index < -0.39 is 36.4 Å². The van der Waals surface area contributed by atoms with Gasteiger partial charge in [0.05, 0.1) is 16.1 Å². The Labute approximate surface area is 235 Å². The molecule has 204 valence electrons. The zero-order valence-electron chi connectivity index (χ0n) is 20.3. The number of amides is 3. The number of aliphatic hydroxyl groups is 1. The third-order valence-electron chi connectivity index (χ3n) is 5.82. The number of hydrogen-bond donors (Lipinski definition) is 4. The van der Waals surface area contributed by atoms with Crippen molar-refractivity contribution >= 4 is 56.6 Å². The van der Waals surface area contributed by atoms with Crippen LogP contribution >= 0.6 is 27.5 Å². The number of hydrogen-bond acceptors (Lipinski definition) is 5. The summed E-state index contributed by atoms with van der Waals surface area (Å²) in [7, 11) is 0. The number of ether oxygens (including phenoxy) is 1. The van der Waals surface area contributed by atoms with Crippen molar-refractivity contribution in [3.05, 3.63) is 86.8 Å². The summed E-state index contributed by atoms with van der Waals surface area (Å²) in [5, 5.41) is 18.0. The van der Waals surface area contributed by atoms with E-state index in [9.17, 15) is 28.3 Å². The van der Waals surface area contributed by atoms with Crippen LogP contribution in [0.4, 0.5) is 20.2 Å². The zero-order valence-corrected chi connectivity index (χ0v) is 22.6. The summed E-state index contributed by atoms with van der Waals surface area (Å²) in [4.78, 5) is 38.0. The summed E-state index contributed by atoms with van der Waals surface area (Å²) in [6.45, 7) is -0.838. The second kappa shape index (κ2) is 12.1. The van der Waals surface area contributed by atoms with Gasteiger partial charge < -0.3 is 25.8 Å². The molecule has 0 spiro atoms. The first-order chi connectivity index (χ1) is 18.5. The molecule has 0 aromatic heterocycles. The van der Waals surface area contributed by atoms with Gasteiger partial charge in [0, 0.05) is 22.4 Å². The maximum Gasteiger partial charge on any atom is 0.272 e. The Morgan fingerprint density at radius 1 is 0.949 bits per heavy atom. The maximum atomic E-state index is 13.0. The van der Waals surface area contributed by atoms with E-state index in [0.29, 0.717) is 24.1 Å². The lowest BCUT2D eigenvalue weighted by Crippen LogP contribution is -2.35. The predicted octanol–water partition coefficient (Wildman–Crippen LogP) is 5.39. The Morgan fingerprint density at radius 3 is 2.26 bits per heavy atom. The van der Waals surface area contributed by atoms with Crippen molar-refractivity contribution in [1.29, 1.82) is 0 Å². The Hall–Kier alpha value is -3.54. The Kier molecular flexibility index (Phi) is 8.83. The van der Waals surface area contributed by atoms with Crippen LogP contribution in [0.3, 0.4) is 0 Å². The highest BCUT2D eigenvalue weighted by Crippen LogP contribution is 2.35. The quantitative estimate of drug-likeness (QED) is 0.242. The third-order valence-corrected chi connectivity index (χ3v) is 6.68. The number of rotatable bonds is 10. The van der Waals surface area contributed by atoms with Gasteiger partial charge in [-0.05, 0) is 73.0 Å². The molecule has 8 nitrogen and oxygen atoms in total. The van der Waals surface area contributed by atoms with Crippen molar-refractivity contribution in [2.75, 3.05) is 17.2 Å². The van der Waals surface area contributed by atoms with E-state index in [0.717, 1.165) is 4.47 Å². The molecule has 0 bridgehead atoms. The lowest BCUT2D eigenvalue weighted by Gasteiger charge is -2.15. The van der Waals surface area contributed by atoms with Gasteiger partial charge in [-0.2, -0.15) is 0 Å². The fourth-order valence-corrected chi connectivity index (χ4v) is 4.01. The van der Waals surface area contributed by atoms with Gasteiger partial charge in [-0.1, -0.05) is 33.6 Å². The molecule has 3 aromatic rings. The molecule has 0 radical (unpaired) electrons. The van der Waals surface area contributed by atoms with Crippen LogP contribution in [0.25, 0.3) is 0 Å². The first kappa shape index (κ1) is 28.5. The lowest BCUT2D eigenvalue weighted by molar-refractivity contribution is -0.131. The summed E-state index contributed by atoms with van der Waals surface area (Å²) in [5.41, 5.74) is -0.0611. The minimum Gasteiger partial charge on any atom is -0.487 e. The number of anilines is 2. The van der Waals surface area contributed by atoms with Gasteiger partial charge in [0.1, 0.15) is 18.0 Å². The fourth-order valence-electron chi connectivity index (χ4n) is 3.54. The molecule has 1 fully saturated rings. The van der Waals surface area contributed by atoms with Gasteiger partial charge in [0.2, 0.25) is 0 Å². The molecule has 1 saturated carbocycles. The van der Waals surface area contributed by atoms with E-state index in [1.807, 2.05) is 0 Å². The van der Waals surface area contributed by atoms with E-state index >= 15 is 0 Å². The fraction of sp³-hybridized carbons (Fsp3) is 0.222. The molecule has 12 heteroatoms. The smallest absolute Gasteiger partial charge is 0.272 e. The van der Waals surface area contributed by atoms with E-state index in [2.05, 4.69) is 31.9 Å². The number of halogens is 4. The Balaban J connectivity index is 1.51. The average molecular weight is 623 g/mol. The third kappa shape index (κ3) is 7.53. The van der Waals surface area contributed by atoms with Gasteiger partial charge >= 0.3 is 0 Å². The monoisotopic (exact) mass is 621 g/mol. The molecule has 4 N–H and O–H groups in total. The van der Waals surface area contributed by atoms with Crippen LogP contribution in [0, 0.1) is 0 Å². The summed E-state index contributed by atoms with van der Waals surface area (Å²) in [5.74, 6) is -1.80. The number of carbonyl (C=O) groups excluding carboxylic acids is 3. The van der Waals surface area contributed by atoms with Gasteiger partial charge in [-0.3, -0.25) is 14.4 Å². The van der Waals surface area contributed by atoms with Crippen molar-refractivity contribution in [3.63, 3.8) is 0 Å². The molecule has 0 saturated heterocycles. The van der Waals surface area contributed by atoms with Crippen LogP contribution in [-0.4, -0.2) is 41.5 Å². The molecule has 4 rings (SSSR count). The second-order valence-corrected chi connectivity index (χ2v) is 10.2. The number of benzene rings is 3. The standard InChI is InChI=1S/C27H23BrClF2N3O5/c28-16-2-4-17(5-3-16)33-25(36)20-12-18(6-8-22(20)39-14-23(30)31)34-24(35)19-11-15(1-7-21(19)29)13-32-26(37)27(38)9-10-27/h1-8,11-12,23,38H,9-10,13-14H2,(H,32,37)(H,33,36)(H,34,35). The molecule has 0 atom stereocenters. The predicted molar refractivity (Wildman–Crippen MR) is 145 cm³/mol. The van der Waals surface area contributed by atoms with Crippen molar-refractivity contribution < 1.29 is 33.0 Å². The van der Waals surface area contributed by atoms with E-state index in [4.69, 9.17) is 16.3 Å². The SMILES string of the molecule is O=C(Nc1ccc(OCC(F)F)c(C(=O)Nc2ccc(Br)cc2)c1)c1cc(CNC(=O)C2(O)CC2)ccc1Cl. The average Bonchev–Trinajstić information content (AvgIpc) is 3.66. The topological polar surface area (TPSA) is 117 Å². The van der Waals surface area contributed by atoms with Crippen molar-refractivity contribution in [3.8, 4) is 5.75 Å². The van der Waals surface area contributed by atoms with Crippen LogP contribution in [0.1, 0.15) is 39.1 Å². The van der Waals surface area contributed by atoms with Crippen LogP contribution in [0.2, 0.25) is 5.02 Å². The van der Waals surface area contributed by atoms with Gasteiger partial charge in [0.25, 0.3) is 24.1 Å². The van der Waals surface area contributed by atoms with Crippen molar-refractivity contribution in [1.82, 2.24) is 5.32 Å². The minimum atomic E-state index is -2.75. The Bertz CT molecular complexity index is 1400. The lowest BCUT2D eigenvalue weighted by atomic mass is 10.1. The number of carbonyl (C=O) groups is 3. The first-order valence-electron chi connectivity index (χ1n) is 11.8. The summed E-state index contributed by atoms with van der Waals surface area (Å²) >= 11 is 9.54. The van der Waals surface area contributed by atoms with Crippen LogP contribution in [0.15, 0.2) is 65.1 Å². The van der Waals surface area contributed by atoms with E-state index in [1.54, 1.807) is 30.3 Å². The van der Waals surface area contributed by atoms with Crippen LogP contribution < -0.4 is 20.7 Å². The largest absolute Gasteiger partial charge is 0.487 e. The molecule has 1 aliphatic carbocycles. The number of nitrogens with one attached hydrogen (secondary N) is 3. The van der Waals surface area contributed by atoms with Gasteiger partial charge in [0.15, 0.2) is 0 Å². The second-order valence-electron chi connectivity index (χ2n) is 8.86. The summed E-state index contributed by atoms with van der Waals surface area (Å²) < 4.78 is 31.5. The van der Waals surface area contributed by atoms with Crippen molar-refractivity contribution in [2.24, 2.45) is 0 Å². The van der Waals surface area contributed by atoms with Gasteiger partial charge in [-0.25, -0.2) is 8.78 Å². The molecule has 0 aliphatic heterocycles. The molecular weight excluding hydrogens is 600 g/mol. The molecular formula is C27H23BrClF2N3O5. The van der Waals surface area contributed by atoms with Crippen LogP contribution in [-0.2, 0) is 11.3 Å². The minimum absolute atomic E-state index is 0.0723. The molecule has 0 unspecified atom stereocenters. The summed E-state index contributed by atoms with van der Waals surface area (Å²) in [6, 6.07) is 15.4. The molecule has 1 aliphatic rings. The van der Waals surface area contributed by atoms with Crippen molar-refractivity contribution in [2.45, 2.75) is 31.4 Å². The highest BCUT2D eigenvalue weighted by molar-refractivity contribution is 9.10. The molecule has 3 aromatic carbocycles. The maximum absolute atomic E-state index is 13.0. The van der Waals surface area contributed by atoms with E-state index in [-0.39, 0.29) is 34.1 Å². The normalized spacial score (nSPS) is 13.5. The first-order valence-corrected chi connectivity index (χ1v) is 12.9. The Morgan fingerprint density at radius 2 is 1.59 bits per heavy atom. The molecule has 39 heavy (non-hydrogen) atoms. The number of alkyl halides is 2. The van der Waals surface area contributed by atoms with Gasteiger partial charge in [-0.15, -0.1) is 0 Å². The highest BCUT2D eigenvalue weighted by Gasteiger charge is 2.47. The summed E-state index contributed by atoms with van der Waals surface area (Å²) in [6.07, 6.45) is -1.94. The van der Waals surface area contributed by atoms with Crippen LogP contribution in [0.5, 0.6) is 5.75 Å². The molecule has 0 heterocycles. The molecule has 3 amide bonds. The zero-order chi connectivity index (χ0) is 28.2. The highest BCUT2D eigenvalue weighted by atomic mass is 79.9. The van der Waals surface area contributed by atoms with E-state index in [1.165, 1.54) is 30.3 Å².